The number of imidazole rings is 1. The molecule has 1 aliphatic rings. The van der Waals surface area contributed by atoms with Crippen molar-refractivity contribution in [1.82, 2.24) is 25.1 Å². The Hall–Kier alpha value is -3.68. The van der Waals surface area contributed by atoms with Gasteiger partial charge in [-0.2, -0.15) is 5.10 Å². The van der Waals surface area contributed by atoms with Crippen molar-refractivity contribution in [2.24, 2.45) is 5.92 Å². The second-order valence-corrected chi connectivity index (χ2v) is 8.69. The zero-order valence-corrected chi connectivity index (χ0v) is 18.2. The third-order valence-electron chi connectivity index (χ3n) is 6.09. The summed E-state index contributed by atoms with van der Waals surface area (Å²) in [7, 11) is 0. The largest absolute Gasteiger partial charge is 0.342 e. The van der Waals surface area contributed by atoms with Gasteiger partial charge in [0.15, 0.2) is 5.69 Å². The standard InChI is InChI=1S/C24H26N6O2/c1-14-5-7-19-18(10-14)23(29-28-19)24(32)30-9-3-4-16(13-30)11-22(31)27-17-6-8-20-21(12-17)26-15(2)25-20/h5-8,10,12,16H,3-4,9,11,13H2,1-2H3,(H,25,26)(H,27,31)(H,28,29). The summed E-state index contributed by atoms with van der Waals surface area (Å²) in [5.41, 5.74) is 4.92. The number of amides is 2. The number of hydrogen-bond acceptors (Lipinski definition) is 4. The summed E-state index contributed by atoms with van der Waals surface area (Å²) in [5, 5.41) is 11.1. The van der Waals surface area contributed by atoms with Gasteiger partial charge in [0.1, 0.15) is 5.82 Å². The molecule has 32 heavy (non-hydrogen) atoms. The molecule has 2 aromatic carbocycles. The van der Waals surface area contributed by atoms with Crippen LogP contribution in [0.25, 0.3) is 21.9 Å². The molecule has 5 rings (SSSR count). The molecule has 0 radical (unpaired) electrons. The molecule has 2 aromatic heterocycles. The number of aryl methyl sites for hydroxylation is 2. The Morgan fingerprint density at radius 3 is 2.91 bits per heavy atom. The van der Waals surface area contributed by atoms with E-state index in [0.29, 0.717) is 25.2 Å². The van der Waals surface area contributed by atoms with Gasteiger partial charge < -0.3 is 15.2 Å². The van der Waals surface area contributed by atoms with Gasteiger partial charge in [-0.1, -0.05) is 11.6 Å². The van der Waals surface area contributed by atoms with Gasteiger partial charge in [-0.15, -0.1) is 0 Å². The molecule has 0 aliphatic carbocycles. The third-order valence-corrected chi connectivity index (χ3v) is 6.09. The van der Waals surface area contributed by atoms with E-state index >= 15 is 0 Å². The van der Waals surface area contributed by atoms with Crippen molar-refractivity contribution in [2.45, 2.75) is 33.1 Å². The quantitative estimate of drug-likeness (QED) is 0.456. The van der Waals surface area contributed by atoms with E-state index in [4.69, 9.17) is 0 Å². The van der Waals surface area contributed by atoms with Crippen molar-refractivity contribution in [3.63, 3.8) is 0 Å². The number of carbonyl (C=O) groups is 2. The minimum Gasteiger partial charge on any atom is -0.342 e. The van der Waals surface area contributed by atoms with Crippen molar-refractivity contribution in [2.75, 3.05) is 18.4 Å². The lowest BCUT2D eigenvalue weighted by Gasteiger charge is -2.32. The molecule has 164 valence electrons. The summed E-state index contributed by atoms with van der Waals surface area (Å²) in [6, 6.07) is 11.6. The van der Waals surface area contributed by atoms with Crippen LogP contribution < -0.4 is 5.32 Å². The highest BCUT2D eigenvalue weighted by molar-refractivity contribution is 6.05. The summed E-state index contributed by atoms with van der Waals surface area (Å²) < 4.78 is 0. The van der Waals surface area contributed by atoms with Crippen LogP contribution in [0.1, 0.15) is 41.1 Å². The fourth-order valence-electron chi connectivity index (χ4n) is 4.55. The number of piperidine rings is 1. The van der Waals surface area contributed by atoms with Gasteiger partial charge in [0.05, 0.1) is 16.6 Å². The maximum atomic E-state index is 13.2. The topological polar surface area (TPSA) is 107 Å². The molecule has 1 saturated heterocycles. The number of benzene rings is 2. The summed E-state index contributed by atoms with van der Waals surface area (Å²) in [4.78, 5) is 35.3. The molecule has 0 spiro atoms. The van der Waals surface area contributed by atoms with Crippen LogP contribution in [0.4, 0.5) is 5.69 Å². The number of rotatable bonds is 4. The lowest BCUT2D eigenvalue weighted by Crippen LogP contribution is -2.41. The zero-order valence-electron chi connectivity index (χ0n) is 18.2. The van der Waals surface area contributed by atoms with Crippen LogP contribution in [-0.4, -0.2) is 50.0 Å². The second kappa shape index (κ2) is 8.11. The number of aromatic amines is 2. The second-order valence-electron chi connectivity index (χ2n) is 8.69. The molecule has 0 saturated carbocycles. The Labute approximate surface area is 185 Å². The maximum Gasteiger partial charge on any atom is 0.275 e. The average Bonchev–Trinajstić information content (AvgIpc) is 3.35. The molecule has 0 bridgehead atoms. The molecule has 8 heteroatoms. The van der Waals surface area contributed by atoms with Gasteiger partial charge in [-0.05, 0) is 62.9 Å². The number of carbonyl (C=O) groups excluding carboxylic acids is 2. The number of nitrogens with zero attached hydrogens (tertiary/aromatic N) is 3. The molecule has 2 amide bonds. The lowest BCUT2D eigenvalue weighted by atomic mass is 9.94. The summed E-state index contributed by atoms with van der Waals surface area (Å²) in [6.45, 7) is 5.15. The van der Waals surface area contributed by atoms with Crippen LogP contribution in [0.3, 0.4) is 0 Å². The minimum atomic E-state index is -0.0768. The molecule has 3 heterocycles. The first-order valence-electron chi connectivity index (χ1n) is 11.0. The Kier molecular flexibility index (Phi) is 5.13. The number of nitrogens with one attached hydrogen (secondary N) is 3. The van der Waals surface area contributed by atoms with Crippen LogP contribution in [0.15, 0.2) is 36.4 Å². The number of fused-ring (bicyclic) bond motifs is 2. The van der Waals surface area contributed by atoms with Gasteiger partial charge in [0, 0.05) is 30.6 Å². The van der Waals surface area contributed by atoms with Gasteiger partial charge in [0.25, 0.3) is 5.91 Å². The van der Waals surface area contributed by atoms with Crippen LogP contribution in [0.2, 0.25) is 0 Å². The van der Waals surface area contributed by atoms with Crippen molar-refractivity contribution in [3.8, 4) is 0 Å². The Balaban J connectivity index is 1.24. The van der Waals surface area contributed by atoms with E-state index in [9.17, 15) is 9.59 Å². The average molecular weight is 431 g/mol. The van der Waals surface area contributed by atoms with E-state index in [1.807, 2.05) is 55.1 Å². The minimum absolute atomic E-state index is 0.0410. The van der Waals surface area contributed by atoms with Gasteiger partial charge >= 0.3 is 0 Å². The molecule has 1 atom stereocenters. The van der Waals surface area contributed by atoms with Crippen LogP contribution in [0, 0.1) is 19.8 Å². The molecule has 4 aromatic rings. The van der Waals surface area contributed by atoms with Crippen LogP contribution >= 0.6 is 0 Å². The Morgan fingerprint density at radius 1 is 1.16 bits per heavy atom. The molecule has 1 aliphatic heterocycles. The third kappa shape index (κ3) is 3.95. The van der Waals surface area contributed by atoms with E-state index in [0.717, 1.165) is 51.9 Å². The van der Waals surface area contributed by atoms with E-state index < -0.39 is 0 Å². The molecule has 3 N–H and O–H groups in total. The molecule has 1 unspecified atom stereocenters. The maximum absolute atomic E-state index is 13.2. The summed E-state index contributed by atoms with van der Waals surface area (Å²) in [5.74, 6) is 0.848. The van der Waals surface area contributed by atoms with Crippen LogP contribution in [-0.2, 0) is 4.79 Å². The van der Waals surface area contributed by atoms with Gasteiger partial charge in [-0.3, -0.25) is 14.7 Å². The molecular formula is C24H26N6O2. The van der Waals surface area contributed by atoms with E-state index in [1.54, 1.807) is 0 Å². The fraction of sp³-hybridized carbons (Fsp3) is 0.333. The summed E-state index contributed by atoms with van der Waals surface area (Å²) in [6.07, 6.45) is 2.19. The van der Waals surface area contributed by atoms with Crippen molar-refractivity contribution in [1.29, 1.82) is 0 Å². The number of hydrogen-bond donors (Lipinski definition) is 3. The summed E-state index contributed by atoms with van der Waals surface area (Å²) >= 11 is 0. The number of anilines is 1. The first-order valence-corrected chi connectivity index (χ1v) is 11.0. The SMILES string of the molecule is Cc1ccc2[nH]nc(C(=O)N3CCCC(CC(=O)Nc4ccc5nc(C)[nH]c5c4)C3)c2c1. The normalized spacial score (nSPS) is 16.6. The van der Waals surface area contributed by atoms with Crippen molar-refractivity contribution < 1.29 is 9.59 Å². The Bertz CT molecular complexity index is 1320. The number of aromatic nitrogens is 4. The zero-order chi connectivity index (χ0) is 22.2. The predicted octanol–water partition coefficient (Wildman–Crippen LogP) is 3.94. The van der Waals surface area contributed by atoms with E-state index in [2.05, 4.69) is 25.5 Å². The number of likely N-dealkylation sites (tertiary alicyclic amines) is 1. The van der Waals surface area contributed by atoms with Gasteiger partial charge in [-0.25, -0.2) is 4.98 Å². The molecule has 1 fully saturated rings. The van der Waals surface area contributed by atoms with Gasteiger partial charge in [0.2, 0.25) is 5.91 Å². The van der Waals surface area contributed by atoms with Crippen molar-refractivity contribution >= 4 is 39.4 Å². The molecule has 8 nitrogen and oxygen atoms in total. The number of H-pyrrole nitrogens is 2. The Morgan fingerprint density at radius 2 is 2.03 bits per heavy atom. The smallest absolute Gasteiger partial charge is 0.275 e. The van der Waals surface area contributed by atoms with Crippen LogP contribution in [0.5, 0.6) is 0 Å². The van der Waals surface area contributed by atoms with E-state index in [1.165, 1.54) is 0 Å². The highest BCUT2D eigenvalue weighted by atomic mass is 16.2. The fourth-order valence-corrected chi connectivity index (χ4v) is 4.55. The lowest BCUT2D eigenvalue weighted by molar-refractivity contribution is -0.117. The monoisotopic (exact) mass is 430 g/mol. The highest BCUT2D eigenvalue weighted by Gasteiger charge is 2.28. The predicted molar refractivity (Wildman–Crippen MR) is 124 cm³/mol. The van der Waals surface area contributed by atoms with E-state index in [-0.39, 0.29) is 17.7 Å². The van der Waals surface area contributed by atoms with Crippen molar-refractivity contribution in [3.05, 3.63) is 53.5 Å². The first-order chi connectivity index (χ1) is 15.5. The highest BCUT2D eigenvalue weighted by Crippen LogP contribution is 2.25. The molecular weight excluding hydrogens is 404 g/mol. The first kappa shape index (κ1) is 20.2.